The average molecular weight is 261 g/mol. The SMILES string of the molecule is NCC(O)(c1cccc(OC(F)(F)F)c1)C1CC1. The van der Waals surface area contributed by atoms with Crippen LogP contribution in [0.15, 0.2) is 24.3 Å². The third-order valence-electron chi connectivity index (χ3n) is 3.13. The van der Waals surface area contributed by atoms with Gasteiger partial charge in [0.2, 0.25) is 0 Å². The molecule has 0 aliphatic heterocycles. The highest BCUT2D eigenvalue weighted by Gasteiger charge is 2.44. The molecule has 1 aromatic carbocycles. The zero-order valence-electron chi connectivity index (χ0n) is 9.57. The quantitative estimate of drug-likeness (QED) is 0.873. The molecule has 0 amide bonds. The molecule has 1 aromatic rings. The Morgan fingerprint density at radius 1 is 1.33 bits per heavy atom. The van der Waals surface area contributed by atoms with Crippen LogP contribution in [0, 0.1) is 5.92 Å². The molecule has 3 N–H and O–H groups in total. The number of aliphatic hydroxyl groups is 1. The van der Waals surface area contributed by atoms with Crippen LogP contribution in [0.5, 0.6) is 5.75 Å². The van der Waals surface area contributed by atoms with Gasteiger partial charge in [0.15, 0.2) is 0 Å². The molecule has 3 nitrogen and oxygen atoms in total. The van der Waals surface area contributed by atoms with Gasteiger partial charge in [-0.3, -0.25) is 0 Å². The predicted molar refractivity (Wildman–Crippen MR) is 58.8 cm³/mol. The first kappa shape index (κ1) is 13.2. The van der Waals surface area contributed by atoms with Crippen LogP contribution in [0.4, 0.5) is 13.2 Å². The number of alkyl halides is 3. The van der Waals surface area contributed by atoms with E-state index in [1.807, 2.05) is 0 Å². The number of benzene rings is 1. The number of halogens is 3. The highest BCUT2D eigenvalue weighted by Crippen LogP contribution is 2.45. The van der Waals surface area contributed by atoms with Crippen molar-refractivity contribution in [2.75, 3.05) is 6.54 Å². The van der Waals surface area contributed by atoms with Crippen molar-refractivity contribution < 1.29 is 23.0 Å². The van der Waals surface area contributed by atoms with E-state index in [1.54, 1.807) is 6.07 Å². The molecule has 0 radical (unpaired) electrons. The summed E-state index contributed by atoms with van der Waals surface area (Å²) in [6, 6.07) is 5.37. The van der Waals surface area contributed by atoms with Crippen LogP contribution >= 0.6 is 0 Å². The molecule has 1 saturated carbocycles. The molecule has 0 bridgehead atoms. The Hall–Kier alpha value is -1.27. The number of hydrogen-bond donors (Lipinski definition) is 2. The highest BCUT2D eigenvalue weighted by molar-refractivity contribution is 5.34. The molecular weight excluding hydrogens is 247 g/mol. The van der Waals surface area contributed by atoms with Gasteiger partial charge in [-0.2, -0.15) is 0 Å². The minimum Gasteiger partial charge on any atom is -0.406 e. The van der Waals surface area contributed by atoms with Gasteiger partial charge < -0.3 is 15.6 Å². The number of rotatable bonds is 4. The van der Waals surface area contributed by atoms with Crippen LogP contribution in [-0.4, -0.2) is 18.0 Å². The number of nitrogens with two attached hydrogens (primary N) is 1. The van der Waals surface area contributed by atoms with Crippen molar-refractivity contribution >= 4 is 0 Å². The van der Waals surface area contributed by atoms with E-state index in [0.29, 0.717) is 5.56 Å². The maximum atomic E-state index is 12.1. The van der Waals surface area contributed by atoms with E-state index >= 15 is 0 Å². The summed E-state index contributed by atoms with van der Waals surface area (Å²) >= 11 is 0. The molecule has 1 unspecified atom stereocenters. The first-order valence-electron chi connectivity index (χ1n) is 5.64. The molecule has 2 rings (SSSR count). The Labute approximate surface area is 102 Å². The summed E-state index contributed by atoms with van der Waals surface area (Å²) in [7, 11) is 0. The summed E-state index contributed by atoms with van der Waals surface area (Å²) in [6.07, 6.45) is -3.07. The van der Waals surface area contributed by atoms with Gasteiger partial charge in [0.1, 0.15) is 11.4 Å². The zero-order valence-corrected chi connectivity index (χ0v) is 9.57. The summed E-state index contributed by atoms with van der Waals surface area (Å²) < 4.78 is 40.2. The molecule has 18 heavy (non-hydrogen) atoms. The fraction of sp³-hybridized carbons (Fsp3) is 0.500. The normalized spacial score (nSPS) is 19.4. The van der Waals surface area contributed by atoms with Gasteiger partial charge in [0.25, 0.3) is 0 Å². The van der Waals surface area contributed by atoms with Crippen LogP contribution < -0.4 is 10.5 Å². The molecule has 1 atom stereocenters. The monoisotopic (exact) mass is 261 g/mol. The molecule has 1 fully saturated rings. The highest BCUT2D eigenvalue weighted by atomic mass is 19.4. The van der Waals surface area contributed by atoms with Gasteiger partial charge in [0, 0.05) is 6.54 Å². The Morgan fingerprint density at radius 2 is 2.00 bits per heavy atom. The van der Waals surface area contributed by atoms with Crippen LogP contribution in [0.3, 0.4) is 0 Å². The van der Waals surface area contributed by atoms with E-state index in [2.05, 4.69) is 4.74 Å². The van der Waals surface area contributed by atoms with Crippen LogP contribution in [-0.2, 0) is 5.60 Å². The number of hydrogen-bond acceptors (Lipinski definition) is 3. The van der Waals surface area contributed by atoms with Gasteiger partial charge in [-0.1, -0.05) is 12.1 Å². The molecule has 0 heterocycles. The maximum Gasteiger partial charge on any atom is 0.573 e. The van der Waals surface area contributed by atoms with Crippen molar-refractivity contribution in [2.24, 2.45) is 11.7 Å². The van der Waals surface area contributed by atoms with E-state index in [9.17, 15) is 18.3 Å². The second kappa shape index (κ2) is 4.44. The van der Waals surface area contributed by atoms with Crippen molar-refractivity contribution in [3.63, 3.8) is 0 Å². The Kier molecular flexibility index (Phi) is 3.25. The van der Waals surface area contributed by atoms with E-state index in [0.717, 1.165) is 12.8 Å². The Morgan fingerprint density at radius 3 is 2.50 bits per heavy atom. The topological polar surface area (TPSA) is 55.5 Å². The number of ether oxygens (including phenoxy) is 1. The second-order valence-corrected chi connectivity index (χ2v) is 4.48. The van der Waals surface area contributed by atoms with E-state index in [-0.39, 0.29) is 18.2 Å². The lowest BCUT2D eigenvalue weighted by Crippen LogP contribution is -2.37. The Bertz CT molecular complexity index is 432. The minimum absolute atomic E-state index is 0.0173. The summed E-state index contributed by atoms with van der Waals surface area (Å²) in [5.74, 6) is -0.323. The van der Waals surface area contributed by atoms with Crippen molar-refractivity contribution in [1.29, 1.82) is 0 Å². The van der Waals surface area contributed by atoms with Crippen molar-refractivity contribution in [2.45, 2.75) is 24.8 Å². The molecule has 1 aliphatic carbocycles. The summed E-state index contributed by atoms with van der Waals surface area (Å²) in [6.45, 7) is -0.0207. The first-order valence-corrected chi connectivity index (χ1v) is 5.64. The lowest BCUT2D eigenvalue weighted by molar-refractivity contribution is -0.274. The summed E-state index contributed by atoms with van der Waals surface area (Å²) in [5.41, 5.74) is 4.65. The maximum absolute atomic E-state index is 12.1. The van der Waals surface area contributed by atoms with Crippen molar-refractivity contribution in [3.05, 3.63) is 29.8 Å². The molecule has 0 spiro atoms. The predicted octanol–water partition coefficient (Wildman–Crippen LogP) is 2.14. The van der Waals surface area contributed by atoms with Crippen LogP contribution in [0.1, 0.15) is 18.4 Å². The van der Waals surface area contributed by atoms with Gasteiger partial charge in [0.05, 0.1) is 0 Å². The van der Waals surface area contributed by atoms with Crippen molar-refractivity contribution in [3.8, 4) is 5.75 Å². The smallest absolute Gasteiger partial charge is 0.406 e. The molecule has 100 valence electrons. The minimum atomic E-state index is -4.74. The standard InChI is InChI=1S/C12H14F3NO2/c13-12(14,15)18-10-3-1-2-9(6-10)11(17,7-16)8-4-5-8/h1-3,6,8,17H,4-5,7,16H2. The second-order valence-electron chi connectivity index (χ2n) is 4.48. The fourth-order valence-electron chi connectivity index (χ4n) is 2.04. The molecule has 0 saturated heterocycles. The molecule has 6 heteroatoms. The lowest BCUT2D eigenvalue weighted by Gasteiger charge is -2.27. The van der Waals surface area contributed by atoms with E-state index < -0.39 is 12.0 Å². The first-order chi connectivity index (χ1) is 8.35. The van der Waals surface area contributed by atoms with Gasteiger partial charge in [-0.25, -0.2) is 0 Å². The fourth-order valence-corrected chi connectivity index (χ4v) is 2.04. The van der Waals surface area contributed by atoms with Crippen molar-refractivity contribution in [1.82, 2.24) is 0 Å². The van der Waals surface area contributed by atoms with Crippen LogP contribution in [0.25, 0.3) is 0 Å². The van der Waals surface area contributed by atoms with Gasteiger partial charge in [-0.05, 0) is 36.5 Å². The summed E-state index contributed by atoms with van der Waals surface area (Å²) in [5, 5.41) is 10.4. The van der Waals surface area contributed by atoms with E-state index in [1.165, 1.54) is 18.2 Å². The van der Waals surface area contributed by atoms with E-state index in [4.69, 9.17) is 5.73 Å². The largest absolute Gasteiger partial charge is 0.573 e. The summed E-state index contributed by atoms with van der Waals surface area (Å²) in [4.78, 5) is 0. The van der Waals surface area contributed by atoms with Gasteiger partial charge >= 0.3 is 6.36 Å². The van der Waals surface area contributed by atoms with Crippen LogP contribution in [0.2, 0.25) is 0 Å². The third kappa shape index (κ3) is 2.76. The molecule has 1 aliphatic rings. The Balaban J connectivity index is 2.26. The average Bonchev–Trinajstić information content (AvgIpc) is 3.10. The molecular formula is C12H14F3NO2. The van der Waals surface area contributed by atoms with Gasteiger partial charge in [-0.15, -0.1) is 13.2 Å². The lowest BCUT2D eigenvalue weighted by atomic mass is 9.89. The third-order valence-corrected chi connectivity index (χ3v) is 3.13. The molecule has 0 aromatic heterocycles. The zero-order chi connectivity index (χ0) is 13.4.